The number of hydrogen-bond acceptors (Lipinski definition) is 2. The molecule has 1 unspecified atom stereocenters. The molecule has 0 fully saturated rings. The highest BCUT2D eigenvalue weighted by atomic mass is 15.1. The van der Waals surface area contributed by atoms with Gasteiger partial charge in [0.2, 0.25) is 0 Å². The standard InChI is InChI=1S/C13H22N2/c1-3-12(11-15(2)10-9-14)13-7-5-4-6-8-13/h4-8,12H,3,9-11,14H2,1-2H3. The SMILES string of the molecule is CCC(CN(C)CCN)c1ccccc1. The third kappa shape index (κ3) is 4.02. The topological polar surface area (TPSA) is 29.3 Å². The van der Waals surface area contributed by atoms with Crippen molar-refractivity contribution in [2.75, 3.05) is 26.7 Å². The molecular formula is C13H22N2. The minimum absolute atomic E-state index is 0.628. The minimum atomic E-state index is 0.628. The molecule has 0 saturated carbocycles. The van der Waals surface area contributed by atoms with E-state index in [9.17, 15) is 0 Å². The maximum atomic E-state index is 5.54. The number of rotatable bonds is 6. The Hall–Kier alpha value is -0.860. The van der Waals surface area contributed by atoms with E-state index in [0.29, 0.717) is 5.92 Å². The Labute approximate surface area is 93.1 Å². The van der Waals surface area contributed by atoms with E-state index < -0.39 is 0 Å². The highest BCUT2D eigenvalue weighted by Crippen LogP contribution is 2.19. The molecule has 0 heterocycles. The summed E-state index contributed by atoms with van der Waals surface area (Å²) < 4.78 is 0. The van der Waals surface area contributed by atoms with Gasteiger partial charge in [-0.15, -0.1) is 0 Å². The fourth-order valence-electron chi connectivity index (χ4n) is 1.88. The Morgan fingerprint density at radius 2 is 1.93 bits per heavy atom. The highest BCUT2D eigenvalue weighted by molar-refractivity contribution is 5.19. The van der Waals surface area contributed by atoms with Crippen LogP contribution in [0.25, 0.3) is 0 Å². The molecule has 2 nitrogen and oxygen atoms in total. The summed E-state index contributed by atoms with van der Waals surface area (Å²) in [7, 11) is 2.14. The first-order chi connectivity index (χ1) is 7.27. The van der Waals surface area contributed by atoms with Crippen molar-refractivity contribution < 1.29 is 0 Å². The van der Waals surface area contributed by atoms with Crippen LogP contribution in [0, 0.1) is 0 Å². The zero-order valence-electron chi connectivity index (χ0n) is 9.82. The predicted molar refractivity (Wildman–Crippen MR) is 66.0 cm³/mol. The second-order valence-corrected chi connectivity index (χ2v) is 4.07. The zero-order valence-corrected chi connectivity index (χ0v) is 9.82. The molecule has 1 atom stereocenters. The molecule has 0 aromatic heterocycles. The van der Waals surface area contributed by atoms with Gasteiger partial charge in [0.25, 0.3) is 0 Å². The van der Waals surface area contributed by atoms with Gasteiger partial charge >= 0.3 is 0 Å². The van der Waals surface area contributed by atoms with Gasteiger partial charge in [0, 0.05) is 19.6 Å². The van der Waals surface area contributed by atoms with Crippen LogP contribution in [0.15, 0.2) is 30.3 Å². The molecule has 0 saturated heterocycles. The van der Waals surface area contributed by atoms with Crippen molar-refractivity contribution >= 4 is 0 Å². The first kappa shape index (κ1) is 12.2. The lowest BCUT2D eigenvalue weighted by Crippen LogP contribution is -2.29. The predicted octanol–water partition coefficient (Wildman–Crippen LogP) is 2.07. The molecule has 15 heavy (non-hydrogen) atoms. The van der Waals surface area contributed by atoms with E-state index in [0.717, 1.165) is 19.6 Å². The van der Waals surface area contributed by atoms with Crippen molar-refractivity contribution in [2.45, 2.75) is 19.3 Å². The maximum Gasteiger partial charge on any atom is 0.0102 e. The fraction of sp³-hybridized carbons (Fsp3) is 0.538. The summed E-state index contributed by atoms with van der Waals surface area (Å²) in [6.45, 7) is 5.05. The van der Waals surface area contributed by atoms with Crippen LogP contribution >= 0.6 is 0 Å². The first-order valence-corrected chi connectivity index (χ1v) is 5.71. The van der Waals surface area contributed by atoms with E-state index in [1.54, 1.807) is 0 Å². The van der Waals surface area contributed by atoms with Crippen LogP contribution < -0.4 is 5.73 Å². The van der Waals surface area contributed by atoms with Crippen LogP contribution in [0.2, 0.25) is 0 Å². The summed E-state index contributed by atoms with van der Waals surface area (Å²) in [6, 6.07) is 10.7. The third-order valence-electron chi connectivity index (χ3n) is 2.81. The maximum absolute atomic E-state index is 5.54. The van der Waals surface area contributed by atoms with Crippen molar-refractivity contribution in [1.82, 2.24) is 4.90 Å². The van der Waals surface area contributed by atoms with Gasteiger partial charge in [0.05, 0.1) is 0 Å². The second kappa shape index (κ2) is 6.59. The Balaban J connectivity index is 2.56. The molecule has 1 aromatic carbocycles. The molecule has 0 bridgehead atoms. The van der Waals surface area contributed by atoms with E-state index in [4.69, 9.17) is 5.73 Å². The number of nitrogens with zero attached hydrogens (tertiary/aromatic N) is 1. The Bertz CT molecular complexity index is 258. The molecule has 84 valence electrons. The molecule has 1 rings (SSSR count). The summed E-state index contributed by atoms with van der Waals surface area (Å²) in [5.74, 6) is 0.628. The molecule has 1 aromatic rings. The van der Waals surface area contributed by atoms with Crippen LogP contribution in [-0.2, 0) is 0 Å². The van der Waals surface area contributed by atoms with E-state index in [1.807, 2.05) is 0 Å². The van der Waals surface area contributed by atoms with Gasteiger partial charge in [0.15, 0.2) is 0 Å². The lowest BCUT2D eigenvalue weighted by molar-refractivity contribution is 0.315. The molecule has 2 heteroatoms. The molecule has 0 amide bonds. The van der Waals surface area contributed by atoms with Crippen molar-refractivity contribution in [3.63, 3.8) is 0 Å². The molecule has 0 aliphatic heterocycles. The lowest BCUT2D eigenvalue weighted by Gasteiger charge is -2.22. The molecule has 0 aliphatic carbocycles. The van der Waals surface area contributed by atoms with Crippen molar-refractivity contribution in [3.05, 3.63) is 35.9 Å². The van der Waals surface area contributed by atoms with Gasteiger partial charge < -0.3 is 10.6 Å². The van der Waals surface area contributed by atoms with Crippen LogP contribution in [0.1, 0.15) is 24.8 Å². The Morgan fingerprint density at radius 1 is 1.27 bits per heavy atom. The number of benzene rings is 1. The quantitative estimate of drug-likeness (QED) is 0.772. The highest BCUT2D eigenvalue weighted by Gasteiger charge is 2.10. The van der Waals surface area contributed by atoms with Gasteiger partial charge in [-0.1, -0.05) is 37.3 Å². The summed E-state index contributed by atoms with van der Waals surface area (Å²) in [6.07, 6.45) is 1.18. The first-order valence-electron chi connectivity index (χ1n) is 5.71. The van der Waals surface area contributed by atoms with Crippen molar-refractivity contribution in [2.24, 2.45) is 5.73 Å². The minimum Gasteiger partial charge on any atom is -0.329 e. The zero-order chi connectivity index (χ0) is 11.1. The average Bonchev–Trinajstić information content (AvgIpc) is 2.27. The van der Waals surface area contributed by atoms with Crippen LogP contribution in [0.3, 0.4) is 0 Å². The number of likely N-dealkylation sites (N-methyl/N-ethyl adjacent to an activating group) is 1. The molecule has 0 aliphatic rings. The largest absolute Gasteiger partial charge is 0.329 e. The molecular weight excluding hydrogens is 184 g/mol. The van der Waals surface area contributed by atoms with E-state index in [2.05, 4.69) is 49.2 Å². The monoisotopic (exact) mass is 206 g/mol. The van der Waals surface area contributed by atoms with Crippen molar-refractivity contribution in [1.29, 1.82) is 0 Å². The van der Waals surface area contributed by atoms with E-state index >= 15 is 0 Å². The molecule has 0 spiro atoms. The van der Waals surface area contributed by atoms with Crippen LogP contribution in [0.4, 0.5) is 0 Å². The van der Waals surface area contributed by atoms with E-state index in [-0.39, 0.29) is 0 Å². The normalized spacial score (nSPS) is 13.1. The van der Waals surface area contributed by atoms with Gasteiger partial charge in [-0.3, -0.25) is 0 Å². The third-order valence-corrected chi connectivity index (χ3v) is 2.81. The smallest absolute Gasteiger partial charge is 0.0102 e. The Kier molecular flexibility index (Phi) is 5.37. The summed E-state index contributed by atoms with van der Waals surface area (Å²) in [5.41, 5.74) is 6.98. The van der Waals surface area contributed by atoms with E-state index in [1.165, 1.54) is 12.0 Å². The second-order valence-electron chi connectivity index (χ2n) is 4.07. The molecule has 0 radical (unpaired) electrons. The molecule has 2 N–H and O–H groups in total. The van der Waals surface area contributed by atoms with Crippen molar-refractivity contribution in [3.8, 4) is 0 Å². The van der Waals surface area contributed by atoms with Crippen LogP contribution in [-0.4, -0.2) is 31.6 Å². The lowest BCUT2D eigenvalue weighted by atomic mass is 9.96. The number of hydrogen-bond donors (Lipinski definition) is 1. The number of nitrogens with two attached hydrogens (primary N) is 1. The average molecular weight is 206 g/mol. The Morgan fingerprint density at radius 3 is 2.47 bits per heavy atom. The van der Waals surface area contributed by atoms with Crippen LogP contribution in [0.5, 0.6) is 0 Å². The fourth-order valence-corrected chi connectivity index (χ4v) is 1.88. The van der Waals surface area contributed by atoms with Gasteiger partial charge in [-0.2, -0.15) is 0 Å². The summed E-state index contributed by atoms with van der Waals surface area (Å²) >= 11 is 0. The van der Waals surface area contributed by atoms with Gasteiger partial charge in [-0.05, 0) is 24.9 Å². The summed E-state index contributed by atoms with van der Waals surface area (Å²) in [5, 5.41) is 0. The van der Waals surface area contributed by atoms with Gasteiger partial charge in [-0.25, -0.2) is 0 Å². The van der Waals surface area contributed by atoms with Gasteiger partial charge in [0.1, 0.15) is 0 Å². The summed E-state index contributed by atoms with van der Waals surface area (Å²) in [4.78, 5) is 2.31.